The largest absolute Gasteiger partial charge is 0.340 e. The number of anilines is 1. The Balaban J connectivity index is 1.56. The minimum Gasteiger partial charge on any atom is -0.340 e. The van der Waals surface area contributed by atoms with E-state index in [9.17, 15) is 0 Å². The molecule has 1 unspecified atom stereocenters. The van der Waals surface area contributed by atoms with Crippen molar-refractivity contribution >= 4 is 33.6 Å². The van der Waals surface area contributed by atoms with Gasteiger partial charge in [0.2, 0.25) is 0 Å². The minimum atomic E-state index is -0.537. The van der Waals surface area contributed by atoms with Gasteiger partial charge in [-0.2, -0.15) is 0 Å². The summed E-state index contributed by atoms with van der Waals surface area (Å²) in [6, 6.07) is 2.44. The van der Waals surface area contributed by atoms with Crippen molar-refractivity contribution in [3.8, 4) is 0 Å². The van der Waals surface area contributed by atoms with Crippen molar-refractivity contribution in [2.45, 2.75) is 68.9 Å². The fourth-order valence-corrected chi connectivity index (χ4v) is 6.36. The van der Waals surface area contributed by atoms with E-state index in [0.29, 0.717) is 5.82 Å². The Labute approximate surface area is 174 Å². The standard InChI is InChI=1S/C22H30N4S2/c1-14(26(23)28(5)19-13-24-21(27-19)22(2,3)4)25-20-17-10-6-8-15(17)12-16-9-7-11-18(16)20/h12-13,25H,1,5-11,23H2,2-4H3. The van der Waals surface area contributed by atoms with E-state index >= 15 is 0 Å². The van der Waals surface area contributed by atoms with Crippen LogP contribution in [-0.2, 0) is 31.1 Å². The maximum atomic E-state index is 6.45. The lowest BCUT2D eigenvalue weighted by Crippen LogP contribution is -2.28. The van der Waals surface area contributed by atoms with E-state index in [1.54, 1.807) is 15.8 Å². The Bertz CT molecular complexity index is 920. The lowest BCUT2D eigenvalue weighted by molar-refractivity contribution is 0.585. The zero-order valence-corrected chi connectivity index (χ0v) is 18.7. The lowest BCUT2D eigenvalue weighted by Gasteiger charge is -2.26. The topological polar surface area (TPSA) is 54.2 Å². The van der Waals surface area contributed by atoms with Gasteiger partial charge in [0, 0.05) is 11.1 Å². The van der Waals surface area contributed by atoms with Crippen LogP contribution in [0.15, 0.2) is 28.9 Å². The molecule has 1 heterocycles. The minimum absolute atomic E-state index is 0.0347. The highest BCUT2D eigenvalue weighted by molar-refractivity contribution is 8.13. The van der Waals surface area contributed by atoms with Crippen molar-refractivity contribution in [3.05, 3.63) is 51.9 Å². The molecule has 1 aromatic heterocycles. The fraction of sp³-hybridized carbons (Fsp3) is 0.455. The Morgan fingerprint density at radius 2 is 1.79 bits per heavy atom. The highest BCUT2D eigenvalue weighted by Gasteiger charge is 2.25. The van der Waals surface area contributed by atoms with Crippen molar-refractivity contribution < 1.29 is 0 Å². The number of hydrogen-bond acceptors (Lipinski definition) is 5. The van der Waals surface area contributed by atoms with Crippen LogP contribution < -0.4 is 11.2 Å². The molecule has 4 nitrogen and oxygen atoms in total. The van der Waals surface area contributed by atoms with Gasteiger partial charge < -0.3 is 5.32 Å². The van der Waals surface area contributed by atoms with E-state index in [2.05, 4.69) is 49.6 Å². The molecule has 1 atom stereocenters. The third-order valence-corrected chi connectivity index (χ3v) is 8.91. The molecule has 0 saturated heterocycles. The lowest BCUT2D eigenvalue weighted by atomic mass is 9.98. The van der Waals surface area contributed by atoms with Crippen LogP contribution in [0.1, 0.15) is 60.9 Å². The van der Waals surface area contributed by atoms with E-state index in [1.165, 1.54) is 53.6 Å². The zero-order valence-electron chi connectivity index (χ0n) is 17.1. The van der Waals surface area contributed by atoms with Crippen LogP contribution in [0, 0.1) is 0 Å². The number of rotatable bonds is 5. The number of hydrazine groups is 1. The predicted octanol–water partition coefficient (Wildman–Crippen LogP) is 5.15. The maximum absolute atomic E-state index is 6.45. The third-order valence-electron chi connectivity index (χ3n) is 5.60. The average Bonchev–Trinajstić information content (AvgIpc) is 3.38. The zero-order chi connectivity index (χ0) is 20.1. The van der Waals surface area contributed by atoms with E-state index in [4.69, 9.17) is 5.84 Å². The maximum Gasteiger partial charge on any atom is 0.124 e. The predicted molar refractivity (Wildman–Crippen MR) is 123 cm³/mol. The molecular weight excluding hydrogens is 384 g/mol. The molecule has 3 N–H and O–H groups in total. The van der Waals surface area contributed by atoms with Crippen LogP contribution in [0.25, 0.3) is 0 Å². The molecule has 0 spiro atoms. The van der Waals surface area contributed by atoms with Gasteiger partial charge in [0.1, 0.15) is 5.82 Å². The van der Waals surface area contributed by atoms with Gasteiger partial charge in [-0.3, -0.25) is 0 Å². The summed E-state index contributed by atoms with van der Waals surface area (Å²) in [5.41, 5.74) is 7.24. The summed E-state index contributed by atoms with van der Waals surface area (Å²) in [7, 11) is -0.537. The molecule has 0 amide bonds. The summed E-state index contributed by atoms with van der Waals surface area (Å²) in [5, 5.41) is 4.69. The number of aromatic nitrogens is 1. The highest BCUT2D eigenvalue weighted by Crippen LogP contribution is 2.41. The molecule has 6 heteroatoms. The van der Waals surface area contributed by atoms with Gasteiger partial charge in [0.05, 0.1) is 15.4 Å². The number of nitrogens with two attached hydrogens (primary N) is 1. The Hall–Kier alpha value is -1.63. The molecular formula is C22H30N4S2. The molecule has 0 bridgehead atoms. The van der Waals surface area contributed by atoms with Gasteiger partial charge >= 0.3 is 0 Å². The van der Waals surface area contributed by atoms with E-state index < -0.39 is 10.7 Å². The Morgan fingerprint density at radius 3 is 2.32 bits per heavy atom. The van der Waals surface area contributed by atoms with E-state index in [1.807, 2.05) is 6.20 Å². The van der Waals surface area contributed by atoms with Crippen LogP contribution >= 0.6 is 22.0 Å². The number of fused-ring (bicyclic) bond motifs is 2. The van der Waals surface area contributed by atoms with Crippen molar-refractivity contribution in [1.82, 2.24) is 9.40 Å². The first-order valence-corrected chi connectivity index (χ1v) is 12.1. The summed E-state index contributed by atoms with van der Waals surface area (Å²) < 4.78 is 2.76. The average molecular weight is 415 g/mol. The SMILES string of the molecule is C=C(Nc1c2c(cc3c1CCC3)CCC2)N(N)S(=C)c1cnc(C(C)(C)C)s1. The van der Waals surface area contributed by atoms with Crippen LogP contribution in [0.3, 0.4) is 0 Å². The monoisotopic (exact) mass is 414 g/mol. The molecule has 1 aromatic carbocycles. The molecule has 0 saturated carbocycles. The van der Waals surface area contributed by atoms with Gasteiger partial charge in [-0.25, -0.2) is 15.2 Å². The highest BCUT2D eigenvalue weighted by atomic mass is 32.2. The molecule has 0 aliphatic heterocycles. The molecule has 150 valence electrons. The van der Waals surface area contributed by atoms with Crippen LogP contribution in [0.4, 0.5) is 5.69 Å². The second-order valence-electron chi connectivity index (χ2n) is 8.73. The van der Waals surface area contributed by atoms with Crippen LogP contribution in [0.2, 0.25) is 0 Å². The third kappa shape index (κ3) is 3.53. The van der Waals surface area contributed by atoms with Crippen LogP contribution in [0.5, 0.6) is 0 Å². The number of benzene rings is 1. The van der Waals surface area contributed by atoms with Crippen molar-refractivity contribution in [1.29, 1.82) is 0 Å². The molecule has 2 aliphatic rings. The molecule has 2 aliphatic carbocycles. The summed E-state index contributed by atoms with van der Waals surface area (Å²) in [6.45, 7) is 10.8. The van der Waals surface area contributed by atoms with E-state index in [-0.39, 0.29) is 5.41 Å². The normalized spacial score (nSPS) is 16.6. The van der Waals surface area contributed by atoms with Gasteiger partial charge in [-0.15, -0.1) is 11.3 Å². The van der Waals surface area contributed by atoms with Crippen LogP contribution in [-0.4, -0.2) is 15.3 Å². The number of nitrogens with one attached hydrogen (secondary N) is 1. The second-order valence-corrected chi connectivity index (χ2v) is 11.6. The molecule has 28 heavy (non-hydrogen) atoms. The summed E-state index contributed by atoms with van der Waals surface area (Å²) >= 11 is 1.69. The Morgan fingerprint density at radius 1 is 1.18 bits per heavy atom. The number of nitrogens with zero attached hydrogens (tertiary/aromatic N) is 2. The van der Waals surface area contributed by atoms with Crippen molar-refractivity contribution in [3.63, 3.8) is 0 Å². The summed E-state index contributed by atoms with van der Waals surface area (Å²) in [5.74, 6) is 11.5. The van der Waals surface area contributed by atoms with Gasteiger partial charge in [0.25, 0.3) is 0 Å². The molecule has 4 rings (SSSR count). The summed E-state index contributed by atoms with van der Waals surface area (Å²) in [4.78, 5) is 4.58. The van der Waals surface area contributed by atoms with Gasteiger partial charge in [-0.05, 0) is 77.3 Å². The van der Waals surface area contributed by atoms with Crippen molar-refractivity contribution in [2.24, 2.45) is 5.84 Å². The van der Waals surface area contributed by atoms with Gasteiger partial charge in [-0.1, -0.05) is 33.4 Å². The quantitative estimate of drug-likeness (QED) is 0.403. The Kier molecular flexibility index (Phi) is 5.14. The first kappa shape index (κ1) is 19.7. The summed E-state index contributed by atoms with van der Waals surface area (Å²) in [6.07, 6.45) is 9.04. The number of hydrogen-bond donors (Lipinski definition) is 2. The molecule has 2 aromatic rings. The molecule has 0 fully saturated rings. The van der Waals surface area contributed by atoms with E-state index in [0.717, 1.165) is 22.1 Å². The smallest absolute Gasteiger partial charge is 0.124 e. The number of aryl methyl sites for hydroxylation is 2. The first-order chi connectivity index (χ1) is 13.3. The number of thiazole rings is 1. The van der Waals surface area contributed by atoms with Gasteiger partial charge in [0.15, 0.2) is 0 Å². The first-order valence-electron chi connectivity index (χ1n) is 9.93. The van der Waals surface area contributed by atoms with Crippen molar-refractivity contribution in [2.75, 3.05) is 5.32 Å². The fourth-order valence-electron chi connectivity index (χ4n) is 4.11. The second kappa shape index (κ2) is 7.32. The molecule has 0 radical (unpaired) electrons.